The summed E-state index contributed by atoms with van der Waals surface area (Å²) in [6.45, 7) is 10.6. The smallest absolute Gasteiger partial charge is 0.268 e. The number of benzene rings is 2. The molecule has 1 amide bonds. The van der Waals surface area contributed by atoms with Crippen LogP contribution in [0, 0.1) is 0 Å². The van der Waals surface area contributed by atoms with Gasteiger partial charge in [0.2, 0.25) is 0 Å². The summed E-state index contributed by atoms with van der Waals surface area (Å²) in [7, 11) is -2.75. The zero-order valence-corrected chi connectivity index (χ0v) is 20.7. The van der Waals surface area contributed by atoms with Crippen LogP contribution >= 0.6 is 0 Å². The lowest BCUT2D eigenvalue weighted by molar-refractivity contribution is 0.0981. The Morgan fingerprint density at radius 2 is 1.88 bits per heavy atom. The molecule has 8 heteroatoms. The van der Waals surface area contributed by atoms with Gasteiger partial charge in [0.25, 0.3) is 15.9 Å². The molecule has 0 atom stereocenters. The second-order valence-electron chi connectivity index (χ2n) is 9.32. The zero-order valence-electron chi connectivity index (χ0n) is 19.9. The van der Waals surface area contributed by atoms with Crippen molar-refractivity contribution in [1.82, 2.24) is 14.5 Å². The third kappa shape index (κ3) is 5.63. The number of nitrogens with zero attached hydrogens (tertiary/aromatic N) is 2. The second kappa shape index (κ2) is 9.39. The molecule has 1 aromatic heterocycles. The molecule has 0 aliphatic carbocycles. The number of amides is 1. The van der Waals surface area contributed by atoms with Crippen LogP contribution in [0.1, 0.15) is 67.6 Å². The molecule has 0 saturated heterocycles. The number of ether oxygens (including phenoxy) is 1. The number of carbonyl (C=O) groups excluding carboxylic acids is 1. The van der Waals surface area contributed by atoms with E-state index in [9.17, 15) is 13.2 Å². The van der Waals surface area contributed by atoms with Crippen LogP contribution in [-0.4, -0.2) is 31.2 Å². The predicted octanol–water partition coefficient (Wildman–Crippen LogP) is 4.48. The highest BCUT2D eigenvalue weighted by atomic mass is 32.2. The van der Waals surface area contributed by atoms with E-state index in [-0.39, 0.29) is 27.5 Å². The summed E-state index contributed by atoms with van der Waals surface area (Å²) in [5.74, 6) is -0.366. The van der Waals surface area contributed by atoms with Gasteiger partial charge in [-0.25, -0.2) is 13.1 Å². The first-order valence-corrected chi connectivity index (χ1v) is 12.3. The fourth-order valence-corrected chi connectivity index (χ4v) is 4.75. The minimum Gasteiger partial charge on any atom is -0.495 e. The lowest BCUT2D eigenvalue weighted by Gasteiger charge is -2.21. The van der Waals surface area contributed by atoms with Crippen LogP contribution in [0.2, 0.25) is 0 Å². The normalized spacial score (nSPS) is 12.1. The topological polar surface area (TPSA) is 90.3 Å². The van der Waals surface area contributed by atoms with E-state index >= 15 is 0 Å². The SMILES string of the molecule is COc1ccc(C(C)(C)C)cc1S(=O)(=O)NC(=O)c1ccc(Cn2cccn2)c(C(C)C)c1. The quantitative estimate of drug-likeness (QED) is 0.551. The monoisotopic (exact) mass is 469 g/mol. The maximum absolute atomic E-state index is 13.1. The van der Waals surface area contributed by atoms with Gasteiger partial charge in [-0.3, -0.25) is 9.48 Å². The van der Waals surface area contributed by atoms with Gasteiger partial charge in [0.05, 0.1) is 13.7 Å². The minimum absolute atomic E-state index is 0.0647. The van der Waals surface area contributed by atoms with Gasteiger partial charge < -0.3 is 4.74 Å². The lowest BCUT2D eigenvalue weighted by atomic mass is 9.87. The van der Waals surface area contributed by atoms with E-state index in [1.54, 1.807) is 35.1 Å². The number of sulfonamides is 1. The van der Waals surface area contributed by atoms with E-state index in [4.69, 9.17) is 4.74 Å². The van der Waals surface area contributed by atoms with Crippen molar-refractivity contribution in [3.8, 4) is 5.75 Å². The minimum atomic E-state index is -4.16. The Bertz CT molecular complexity index is 1240. The summed E-state index contributed by atoms with van der Waals surface area (Å²) in [6, 6.07) is 12.1. The fourth-order valence-electron chi connectivity index (χ4n) is 3.58. The Morgan fingerprint density at radius 3 is 2.45 bits per heavy atom. The summed E-state index contributed by atoms with van der Waals surface area (Å²) in [5, 5.41) is 4.24. The maximum Gasteiger partial charge on any atom is 0.268 e. The van der Waals surface area contributed by atoms with Gasteiger partial charge in [0, 0.05) is 18.0 Å². The van der Waals surface area contributed by atoms with E-state index in [1.807, 2.05) is 59.0 Å². The van der Waals surface area contributed by atoms with E-state index in [0.717, 1.165) is 16.7 Å². The molecule has 0 aliphatic rings. The molecule has 33 heavy (non-hydrogen) atoms. The van der Waals surface area contributed by atoms with Crippen LogP contribution in [0.5, 0.6) is 5.75 Å². The highest BCUT2D eigenvalue weighted by molar-refractivity contribution is 7.90. The van der Waals surface area contributed by atoms with Gasteiger partial charge in [-0.2, -0.15) is 5.10 Å². The van der Waals surface area contributed by atoms with Crippen molar-refractivity contribution in [3.05, 3.63) is 77.1 Å². The first-order chi connectivity index (χ1) is 15.4. The molecule has 7 nitrogen and oxygen atoms in total. The highest BCUT2D eigenvalue weighted by Crippen LogP contribution is 2.31. The summed E-state index contributed by atoms with van der Waals surface area (Å²) >= 11 is 0. The van der Waals surface area contributed by atoms with E-state index < -0.39 is 15.9 Å². The maximum atomic E-state index is 13.1. The first kappa shape index (κ1) is 24.5. The molecule has 0 saturated carbocycles. The number of methoxy groups -OCH3 is 1. The number of hydrogen-bond donors (Lipinski definition) is 1. The van der Waals surface area contributed by atoms with Gasteiger partial charge in [-0.15, -0.1) is 0 Å². The van der Waals surface area contributed by atoms with Crippen molar-refractivity contribution in [3.63, 3.8) is 0 Å². The van der Waals surface area contributed by atoms with Crippen LogP contribution in [0.15, 0.2) is 59.8 Å². The predicted molar refractivity (Wildman–Crippen MR) is 128 cm³/mol. The molecule has 0 radical (unpaired) electrons. The number of rotatable bonds is 7. The Labute approximate surface area is 195 Å². The molecular formula is C25H31N3O4S. The molecule has 0 unspecified atom stereocenters. The van der Waals surface area contributed by atoms with Gasteiger partial charge in [0.15, 0.2) is 0 Å². The van der Waals surface area contributed by atoms with E-state index in [0.29, 0.717) is 6.54 Å². The molecule has 1 heterocycles. The van der Waals surface area contributed by atoms with E-state index in [1.165, 1.54) is 7.11 Å². The molecule has 3 rings (SSSR count). The fraction of sp³-hybridized carbons (Fsp3) is 0.360. The van der Waals surface area contributed by atoms with E-state index in [2.05, 4.69) is 9.82 Å². The molecular weight excluding hydrogens is 438 g/mol. The molecule has 1 N–H and O–H groups in total. The van der Waals surface area contributed by atoms with Crippen LogP contribution in [0.3, 0.4) is 0 Å². The van der Waals surface area contributed by atoms with Gasteiger partial charge >= 0.3 is 0 Å². The van der Waals surface area contributed by atoms with Crippen molar-refractivity contribution in [1.29, 1.82) is 0 Å². The number of hydrogen-bond acceptors (Lipinski definition) is 5. The Hall–Kier alpha value is -3.13. The van der Waals surface area contributed by atoms with Crippen molar-refractivity contribution < 1.29 is 17.9 Å². The Balaban J connectivity index is 1.92. The summed E-state index contributed by atoms with van der Waals surface area (Å²) in [5.41, 5.74) is 2.81. The molecule has 0 fully saturated rings. The standard InChI is InChI=1S/C25H31N3O4S/c1-17(2)21-14-18(8-9-19(21)16-28-13-7-12-26-28)24(29)27-33(30,31)23-15-20(25(3,4)5)10-11-22(23)32-6/h7-15,17H,16H2,1-6H3,(H,27,29). The average Bonchev–Trinajstić information content (AvgIpc) is 3.25. The summed E-state index contributed by atoms with van der Waals surface area (Å²) < 4.78 is 35.6. The average molecular weight is 470 g/mol. The third-order valence-electron chi connectivity index (χ3n) is 5.47. The number of aromatic nitrogens is 2. The molecule has 0 aliphatic heterocycles. The molecule has 176 valence electrons. The van der Waals surface area contributed by atoms with Crippen LogP contribution in [0.25, 0.3) is 0 Å². The highest BCUT2D eigenvalue weighted by Gasteiger charge is 2.26. The number of carbonyl (C=O) groups is 1. The Morgan fingerprint density at radius 1 is 1.15 bits per heavy atom. The molecule has 2 aromatic carbocycles. The van der Waals surface area contributed by atoms with Crippen molar-refractivity contribution >= 4 is 15.9 Å². The summed E-state index contributed by atoms with van der Waals surface area (Å²) in [4.78, 5) is 12.9. The van der Waals surface area contributed by atoms with Crippen molar-refractivity contribution in [2.45, 2.75) is 57.4 Å². The van der Waals surface area contributed by atoms with Gasteiger partial charge in [-0.1, -0.05) is 46.8 Å². The second-order valence-corrected chi connectivity index (χ2v) is 11.0. The molecule has 0 bridgehead atoms. The van der Waals surface area contributed by atoms with Crippen LogP contribution in [-0.2, 0) is 22.0 Å². The molecule has 3 aromatic rings. The zero-order chi connectivity index (χ0) is 24.4. The van der Waals surface area contributed by atoms with Gasteiger partial charge in [-0.05, 0) is 58.4 Å². The number of nitrogens with one attached hydrogen (secondary N) is 1. The molecule has 0 spiro atoms. The van der Waals surface area contributed by atoms with Crippen molar-refractivity contribution in [2.75, 3.05) is 7.11 Å². The van der Waals surface area contributed by atoms with Crippen LogP contribution in [0.4, 0.5) is 0 Å². The van der Waals surface area contributed by atoms with Crippen molar-refractivity contribution in [2.24, 2.45) is 0 Å². The third-order valence-corrected chi connectivity index (χ3v) is 6.82. The Kier molecular flexibility index (Phi) is 6.97. The van der Waals surface area contributed by atoms with Crippen LogP contribution < -0.4 is 9.46 Å². The summed E-state index contributed by atoms with van der Waals surface area (Å²) in [6.07, 6.45) is 3.58. The first-order valence-electron chi connectivity index (χ1n) is 10.8. The van der Waals surface area contributed by atoms with Gasteiger partial charge in [0.1, 0.15) is 10.6 Å². The largest absolute Gasteiger partial charge is 0.495 e. The lowest BCUT2D eigenvalue weighted by Crippen LogP contribution is -2.31.